The molecule has 18 heavy (non-hydrogen) atoms. The number of aliphatic hydroxyl groups is 1. The van der Waals surface area contributed by atoms with Crippen molar-refractivity contribution in [2.24, 2.45) is 0 Å². The summed E-state index contributed by atoms with van der Waals surface area (Å²) in [5, 5.41) is 10.8. The van der Waals surface area contributed by atoms with E-state index in [1.54, 1.807) is 11.8 Å². The summed E-state index contributed by atoms with van der Waals surface area (Å²) in [6.07, 6.45) is 0. The van der Waals surface area contributed by atoms with Crippen molar-refractivity contribution >= 4 is 23.4 Å². The highest BCUT2D eigenvalue weighted by Gasteiger charge is 2.14. The lowest BCUT2D eigenvalue weighted by molar-refractivity contribution is 0.272. The average molecular weight is 283 g/mol. The van der Waals surface area contributed by atoms with Crippen molar-refractivity contribution in [3.63, 3.8) is 0 Å². The van der Waals surface area contributed by atoms with Crippen LogP contribution in [-0.2, 0) is 6.61 Å². The quantitative estimate of drug-likeness (QED) is 0.896. The lowest BCUT2D eigenvalue weighted by Gasteiger charge is -2.05. The third-order valence-electron chi connectivity index (χ3n) is 2.48. The molecule has 0 aliphatic rings. The summed E-state index contributed by atoms with van der Waals surface area (Å²) in [6, 6.07) is 7.66. The first kappa shape index (κ1) is 13.5. The minimum Gasteiger partial charge on any atom is -0.388 e. The fourth-order valence-electron chi connectivity index (χ4n) is 1.61. The number of nitrogens with one attached hydrogen (secondary N) is 1. The van der Waals surface area contributed by atoms with E-state index in [0.29, 0.717) is 16.8 Å². The molecule has 2 N–H and O–H groups in total. The number of imidazole rings is 1. The zero-order valence-corrected chi connectivity index (χ0v) is 11.8. The number of benzene rings is 1. The van der Waals surface area contributed by atoms with Gasteiger partial charge in [0.15, 0.2) is 0 Å². The topological polar surface area (TPSA) is 48.9 Å². The Morgan fingerprint density at radius 1 is 1.44 bits per heavy atom. The van der Waals surface area contributed by atoms with E-state index in [1.165, 1.54) is 0 Å². The number of hydrogen-bond acceptors (Lipinski definition) is 3. The second kappa shape index (κ2) is 5.78. The van der Waals surface area contributed by atoms with E-state index in [-0.39, 0.29) is 6.61 Å². The van der Waals surface area contributed by atoms with Gasteiger partial charge in [-0.05, 0) is 24.1 Å². The Morgan fingerprint density at radius 2 is 2.22 bits per heavy atom. The molecule has 0 radical (unpaired) electrons. The Morgan fingerprint density at radius 3 is 2.83 bits per heavy atom. The Labute approximate surface area is 116 Å². The van der Waals surface area contributed by atoms with Gasteiger partial charge in [0.05, 0.1) is 5.69 Å². The van der Waals surface area contributed by atoms with Gasteiger partial charge in [0.1, 0.15) is 17.5 Å². The normalized spacial score (nSPS) is 11.2. The molecule has 0 unspecified atom stereocenters. The molecule has 5 heteroatoms. The van der Waals surface area contributed by atoms with Crippen LogP contribution in [0.2, 0.25) is 5.02 Å². The van der Waals surface area contributed by atoms with E-state index in [1.807, 2.05) is 24.3 Å². The average Bonchev–Trinajstić information content (AvgIpc) is 2.72. The van der Waals surface area contributed by atoms with Crippen molar-refractivity contribution in [2.75, 3.05) is 0 Å². The summed E-state index contributed by atoms with van der Waals surface area (Å²) in [7, 11) is 0. The number of aromatic nitrogens is 2. The number of aromatic amines is 1. The van der Waals surface area contributed by atoms with Crippen molar-refractivity contribution in [2.45, 2.75) is 36.3 Å². The molecule has 0 atom stereocenters. The standard InChI is InChI=1S/C13H15ClN2OS/c1-8(2)12-13(16-11(7-17)15-12)18-10-5-3-4-9(14)6-10/h3-6,8,17H,7H2,1-2H3,(H,15,16). The molecule has 0 aliphatic carbocycles. The maximum absolute atomic E-state index is 9.14. The van der Waals surface area contributed by atoms with Crippen LogP contribution in [-0.4, -0.2) is 15.1 Å². The summed E-state index contributed by atoms with van der Waals surface area (Å²) in [5.41, 5.74) is 1.05. The van der Waals surface area contributed by atoms with Crippen molar-refractivity contribution in [3.8, 4) is 0 Å². The lowest BCUT2D eigenvalue weighted by Crippen LogP contribution is -1.90. The molecular weight excluding hydrogens is 268 g/mol. The summed E-state index contributed by atoms with van der Waals surface area (Å²) < 4.78 is 0. The largest absolute Gasteiger partial charge is 0.388 e. The number of rotatable bonds is 4. The Hall–Kier alpha value is -0.970. The van der Waals surface area contributed by atoms with E-state index in [0.717, 1.165) is 15.6 Å². The SMILES string of the molecule is CC(C)c1[nH]c(CO)nc1Sc1cccc(Cl)c1. The van der Waals surface area contributed by atoms with Crippen LogP contribution in [0.1, 0.15) is 31.3 Å². The van der Waals surface area contributed by atoms with Gasteiger partial charge in [-0.3, -0.25) is 0 Å². The monoisotopic (exact) mass is 282 g/mol. The van der Waals surface area contributed by atoms with Crippen LogP contribution in [0, 0.1) is 0 Å². The van der Waals surface area contributed by atoms with Crippen molar-refractivity contribution in [1.29, 1.82) is 0 Å². The molecule has 0 saturated heterocycles. The molecule has 0 spiro atoms. The zero-order valence-electron chi connectivity index (χ0n) is 10.3. The Bertz CT molecular complexity index is 540. The van der Waals surface area contributed by atoms with Gasteiger partial charge in [-0.25, -0.2) is 4.98 Å². The van der Waals surface area contributed by atoms with Gasteiger partial charge in [-0.2, -0.15) is 0 Å². The summed E-state index contributed by atoms with van der Waals surface area (Å²) in [6.45, 7) is 4.11. The molecule has 1 aromatic heterocycles. The fraction of sp³-hybridized carbons (Fsp3) is 0.308. The minimum atomic E-state index is -0.0736. The maximum Gasteiger partial charge on any atom is 0.133 e. The van der Waals surface area contributed by atoms with E-state index in [4.69, 9.17) is 16.7 Å². The van der Waals surface area contributed by atoms with Crippen LogP contribution in [0.5, 0.6) is 0 Å². The number of halogens is 1. The molecule has 2 rings (SSSR count). The molecule has 0 saturated carbocycles. The van der Waals surface area contributed by atoms with Crippen molar-refractivity contribution in [1.82, 2.24) is 9.97 Å². The van der Waals surface area contributed by atoms with Crippen LogP contribution in [0.25, 0.3) is 0 Å². The van der Waals surface area contributed by atoms with Crippen LogP contribution >= 0.6 is 23.4 Å². The van der Waals surface area contributed by atoms with Gasteiger partial charge in [-0.1, -0.05) is 43.3 Å². The molecule has 0 aliphatic heterocycles. The molecular formula is C13H15ClN2OS. The number of hydrogen-bond donors (Lipinski definition) is 2. The first-order valence-corrected chi connectivity index (χ1v) is 6.92. The second-order valence-corrected chi connectivity index (χ2v) is 5.77. The maximum atomic E-state index is 9.14. The predicted octanol–water partition coefficient (Wildman–Crippen LogP) is 3.83. The van der Waals surface area contributed by atoms with E-state index in [9.17, 15) is 0 Å². The first-order valence-electron chi connectivity index (χ1n) is 5.73. The van der Waals surface area contributed by atoms with Gasteiger partial charge in [-0.15, -0.1) is 0 Å². The van der Waals surface area contributed by atoms with Crippen LogP contribution in [0.15, 0.2) is 34.2 Å². The van der Waals surface area contributed by atoms with Gasteiger partial charge < -0.3 is 10.1 Å². The van der Waals surface area contributed by atoms with Crippen LogP contribution in [0.4, 0.5) is 0 Å². The molecule has 0 bridgehead atoms. The van der Waals surface area contributed by atoms with Crippen LogP contribution in [0.3, 0.4) is 0 Å². The number of nitrogens with zero attached hydrogens (tertiary/aromatic N) is 1. The Balaban J connectivity index is 2.30. The molecule has 3 nitrogen and oxygen atoms in total. The van der Waals surface area contributed by atoms with E-state index >= 15 is 0 Å². The third-order valence-corrected chi connectivity index (χ3v) is 3.71. The summed E-state index contributed by atoms with van der Waals surface area (Å²) in [4.78, 5) is 8.58. The van der Waals surface area contributed by atoms with Crippen molar-refractivity contribution < 1.29 is 5.11 Å². The zero-order chi connectivity index (χ0) is 13.1. The van der Waals surface area contributed by atoms with E-state index in [2.05, 4.69) is 23.8 Å². The van der Waals surface area contributed by atoms with Crippen molar-refractivity contribution in [3.05, 3.63) is 40.8 Å². The molecule has 2 aromatic rings. The summed E-state index contributed by atoms with van der Waals surface area (Å²) >= 11 is 7.52. The molecule has 0 amide bonds. The number of H-pyrrole nitrogens is 1. The highest BCUT2D eigenvalue weighted by molar-refractivity contribution is 7.99. The smallest absolute Gasteiger partial charge is 0.133 e. The predicted molar refractivity (Wildman–Crippen MR) is 74.2 cm³/mol. The van der Waals surface area contributed by atoms with Gasteiger partial charge in [0, 0.05) is 9.92 Å². The van der Waals surface area contributed by atoms with E-state index < -0.39 is 0 Å². The van der Waals surface area contributed by atoms with Crippen LogP contribution < -0.4 is 0 Å². The second-order valence-electron chi connectivity index (χ2n) is 4.27. The molecule has 1 heterocycles. The first-order chi connectivity index (χ1) is 8.60. The summed E-state index contributed by atoms with van der Waals surface area (Å²) in [5.74, 6) is 0.933. The molecule has 1 aromatic carbocycles. The van der Waals surface area contributed by atoms with Gasteiger partial charge in [0.25, 0.3) is 0 Å². The van der Waals surface area contributed by atoms with Gasteiger partial charge in [0.2, 0.25) is 0 Å². The minimum absolute atomic E-state index is 0.0736. The fourth-order valence-corrected chi connectivity index (χ4v) is 2.97. The van der Waals surface area contributed by atoms with Gasteiger partial charge >= 0.3 is 0 Å². The molecule has 96 valence electrons. The highest BCUT2D eigenvalue weighted by atomic mass is 35.5. The lowest BCUT2D eigenvalue weighted by atomic mass is 10.2. The Kier molecular flexibility index (Phi) is 4.32. The number of aliphatic hydroxyl groups excluding tert-OH is 1. The highest BCUT2D eigenvalue weighted by Crippen LogP contribution is 2.33. The molecule has 0 fully saturated rings. The third kappa shape index (κ3) is 3.07.